The van der Waals surface area contributed by atoms with Crippen molar-refractivity contribution in [3.63, 3.8) is 0 Å². The van der Waals surface area contributed by atoms with Crippen LogP contribution < -0.4 is 10.9 Å². The zero-order chi connectivity index (χ0) is 29.4. The van der Waals surface area contributed by atoms with Gasteiger partial charge in [0, 0.05) is 48.0 Å². The lowest BCUT2D eigenvalue weighted by atomic mass is 10.0. The topological polar surface area (TPSA) is 67.2 Å². The van der Waals surface area contributed by atoms with Crippen LogP contribution in [0.5, 0.6) is 0 Å². The van der Waals surface area contributed by atoms with Crippen molar-refractivity contribution in [1.29, 1.82) is 0 Å². The van der Waals surface area contributed by atoms with E-state index in [1.807, 2.05) is 49.4 Å². The molecule has 212 valence electrons. The lowest BCUT2D eigenvalue weighted by Crippen LogP contribution is -2.27. The van der Waals surface area contributed by atoms with Crippen molar-refractivity contribution in [1.82, 2.24) is 19.8 Å². The van der Waals surface area contributed by atoms with Crippen LogP contribution in [0.25, 0.3) is 16.6 Å². The van der Waals surface area contributed by atoms with Crippen molar-refractivity contribution in [3.8, 4) is 5.69 Å². The summed E-state index contributed by atoms with van der Waals surface area (Å²) in [5, 5.41) is 3.68. The SMILES string of the molecule is C[C@H](NC(=O)c1ccc2c(c1)c1c(c(=O)n2-c2ccc(C(F)(F)F)cc2)CN(Cc2ccccc2)C1)c1ccccn1. The van der Waals surface area contributed by atoms with Gasteiger partial charge in [0.05, 0.1) is 22.8 Å². The van der Waals surface area contributed by atoms with Gasteiger partial charge in [0.2, 0.25) is 0 Å². The van der Waals surface area contributed by atoms with Gasteiger partial charge in [0.15, 0.2) is 0 Å². The molecule has 0 aliphatic carbocycles. The summed E-state index contributed by atoms with van der Waals surface area (Å²) in [6.45, 7) is 3.35. The number of halogens is 3. The van der Waals surface area contributed by atoms with E-state index in [2.05, 4.69) is 15.2 Å². The number of nitrogens with zero attached hydrogens (tertiary/aromatic N) is 3. The third kappa shape index (κ3) is 5.31. The first-order chi connectivity index (χ1) is 20.2. The lowest BCUT2D eigenvalue weighted by Gasteiger charge is -2.17. The Morgan fingerprint density at radius 1 is 0.929 bits per heavy atom. The van der Waals surface area contributed by atoms with E-state index in [0.717, 1.165) is 29.0 Å². The monoisotopic (exact) mass is 568 g/mol. The van der Waals surface area contributed by atoms with Crippen LogP contribution in [0.3, 0.4) is 0 Å². The fourth-order valence-corrected chi connectivity index (χ4v) is 5.49. The van der Waals surface area contributed by atoms with Crippen molar-refractivity contribution >= 4 is 16.8 Å². The number of rotatable bonds is 6. The molecule has 6 nitrogen and oxygen atoms in total. The van der Waals surface area contributed by atoms with Crippen LogP contribution in [0.1, 0.15) is 51.3 Å². The van der Waals surface area contributed by atoms with Crippen molar-refractivity contribution in [2.75, 3.05) is 0 Å². The second-order valence-electron chi connectivity index (χ2n) is 10.5. The van der Waals surface area contributed by atoms with Gasteiger partial charge in [-0.05, 0) is 72.6 Å². The highest BCUT2D eigenvalue weighted by atomic mass is 19.4. The predicted octanol–water partition coefficient (Wildman–Crippen LogP) is 6.41. The van der Waals surface area contributed by atoms with E-state index < -0.39 is 11.7 Å². The second kappa shape index (κ2) is 10.9. The third-order valence-corrected chi connectivity index (χ3v) is 7.59. The molecular formula is C33H27F3N4O2. The van der Waals surface area contributed by atoms with Gasteiger partial charge in [-0.15, -0.1) is 0 Å². The molecule has 0 saturated heterocycles. The van der Waals surface area contributed by atoms with E-state index >= 15 is 0 Å². The zero-order valence-corrected chi connectivity index (χ0v) is 22.7. The van der Waals surface area contributed by atoms with Crippen LogP contribution >= 0.6 is 0 Å². The number of hydrogen-bond acceptors (Lipinski definition) is 4. The minimum absolute atomic E-state index is 0.284. The molecule has 3 aromatic carbocycles. The van der Waals surface area contributed by atoms with E-state index in [-0.39, 0.29) is 17.5 Å². The van der Waals surface area contributed by atoms with E-state index in [1.54, 1.807) is 30.5 Å². The quantitative estimate of drug-likeness (QED) is 0.257. The minimum Gasteiger partial charge on any atom is -0.344 e. The summed E-state index contributed by atoms with van der Waals surface area (Å²) in [5.74, 6) is -0.296. The Labute approximate surface area is 240 Å². The third-order valence-electron chi connectivity index (χ3n) is 7.59. The predicted molar refractivity (Wildman–Crippen MR) is 154 cm³/mol. The number of nitrogens with one attached hydrogen (secondary N) is 1. The maximum atomic E-state index is 13.9. The first kappa shape index (κ1) is 27.4. The highest BCUT2D eigenvalue weighted by molar-refractivity contribution is 5.99. The summed E-state index contributed by atoms with van der Waals surface area (Å²) in [7, 11) is 0. The van der Waals surface area contributed by atoms with Crippen LogP contribution in [-0.4, -0.2) is 20.4 Å². The van der Waals surface area contributed by atoms with Gasteiger partial charge in [-0.2, -0.15) is 13.2 Å². The standard InChI is InChI=1S/C33H27F3N4O2/c1-21(29-9-5-6-16-37-29)38-31(41)23-10-15-30-26(17-23)27-19-39(18-22-7-3-2-4-8-22)20-28(27)32(42)40(30)25-13-11-24(12-14-25)33(34,35)36/h2-17,21H,18-20H2,1H3,(H,38,41)/t21-/m0/s1. The van der Waals surface area contributed by atoms with Gasteiger partial charge >= 0.3 is 6.18 Å². The molecule has 2 aromatic heterocycles. The highest BCUT2D eigenvalue weighted by Gasteiger charge is 2.31. The number of aromatic nitrogens is 2. The highest BCUT2D eigenvalue weighted by Crippen LogP contribution is 2.33. The Kier molecular flexibility index (Phi) is 7.12. The Morgan fingerprint density at radius 3 is 2.33 bits per heavy atom. The smallest absolute Gasteiger partial charge is 0.344 e. The molecule has 6 rings (SSSR count). The molecule has 0 unspecified atom stereocenters. The van der Waals surface area contributed by atoms with Gasteiger partial charge in [-0.3, -0.25) is 24.0 Å². The number of alkyl halides is 3. The molecule has 0 fully saturated rings. The molecule has 1 aliphatic rings. The number of amides is 1. The molecule has 0 radical (unpaired) electrons. The number of carbonyl (C=O) groups is 1. The molecule has 0 bridgehead atoms. The van der Waals surface area contributed by atoms with Gasteiger partial charge in [-0.25, -0.2) is 0 Å². The van der Waals surface area contributed by atoms with E-state index in [9.17, 15) is 22.8 Å². The molecule has 1 N–H and O–H groups in total. The fourth-order valence-electron chi connectivity index (χ4n) is 5.49. The lowest BCUT2D eigenvalue weighted by molar-refractivity contribution is -0.137. The van der Waals surface area contributed by atoms with Crippen LogP contribution in [0.2, 0.25) is 0 Å². The first-order valence-electron chi connectivity index (χ1n) is 13.6. The number of carbonyl (C=O) groups excluding carboxylic acids is 1. The summed E-state index contributed by atoms with van der Waals surface area (Å²) in [5.41, 5.74) is 3.39. The van der Waals surface area contributed by atoms with E-state index in [1.165, 1.54) is 16.7 Å². The zero-order valence-electron chi connectivity index (χ0n) is 22.7. The summed E-state index contributed by atoms with van der Waals surface area (Å²) < 4.78 is 41.2. The van der Waals surface area contributed by atoms with Gasteiger partial charge < -0.3 is 5.32 Å². The van der Waals surface area contributed by atoms with Crippen molar-refractivity contribution in [2.24, 2.45) is 0 Å². The largest absolute Gasteiger partial charge is 0.416 e. The Morgan fingerprint density at radius 2 is 1.64 bits per heavy atom. The Bertz CT molecular complexity index is 1820. The van der Waals surface area contributed by atoms with E-state index in [4.69, 9.17) is 0 Å². The van der Waals surface area contributed by atoms with Crippen LogP contribution in [0.15, 0.2) is 102 Å². The molecule has 0 spiro atoms. The maximum absolute atomic E-state index is 13.9. The molecule has 5 aromatic rings. The molecule has 1 amide bonds. The van der Waals surface area contributed by atoms with Crippen LogP contribution in [0.4, 0.5) is 13.2 Å². The normalized spacial score (nSPS) is 14.1. The Balaban J connectivity index is 1.43. The summed E-state index contributed by atoms with van der Waals surface area (Å²) in [4.78, 5) is 33.7. The maximum Gasteiger partial charge on any atom is 0.416 e. The fraction of sp³-hybridized carbons (Fsp3) is 0.182. The Hall–Kier alpha value is -4.76. The average molecular weight is 569 g/mol. The minimum atomic E-state index is -4.49. The van der Waals surface area contributed by atoms with Crippen molar-refractivity contribution < 1.29 is 18.0 Å². The second-order valence-corrected chi connectivity index (χ2v) is 10.5. The van der Waals surface area contributed by atoms with Crippen LogP contribution in [0, 0.1) is 0 Å². The molecule has 1 aliphatic heterocycles. The molecule has 9 heteroatoms. The van der Waals surface area contributed by atoms with Crippen molar-refractivity contribution in [2.45, 2.75) is 38.8 Å². The number of fused-ring (bicyclic) bond motifs is 3. The number of hydrogen-bond donors (Lipinski definition) is 1. The van der Waals surface area contributed by atoms with Gasteiger partial charge in [0.1, 0.15) is 0 Å². The average Bonchev–Trinajstić information content (AvgIpc) is 3.42. The molecular weight excluding hydrogens is 541 g/mol. The summed E-state index contributed by atoms with van der Waals surface area (Å²) in [6.07, 6.45) is -2.82. The van der Waals surface area contributed by atoms with Crippen molar-refractivity contribution in [3.05, 3.63) is 141 Å². The molecule has 1 atom stereocenters. The summed E-state index contributed by atoms with van der Waals surface area (Å²) >= 11 is 0. The molecule has 42 heavy (non-hydrogen) atoms. The van der Waals surface area contributed by atoms with E-state index in [0.29, 0.717) is 47.4 Å². The molecule has 3 heterocycles. The first-order valence-corrected chi connectivity index (χ1v) is 13.6. The number of benzene rings is 3. The summed E-state index contributed by atoms with van der Waals surface area (Å²) in [6, 6.07) is 24.7. The van der Waals surface area contributed by atoms with Gasteiger partial charge in [0.25, 0.3) is 11.5 Å². The van der Waals surface area contributed by atoms with Crippen LogP contribution in [-0.2, 0) is 25.8 Å². The van der Waals surface area contributed by atoms with Gasteiger partial charge in [-0.1, -0.05) is 36.4 Å². The molecule has 0 saturated carbocycles. The number of pyridine rings is 2.